The summed E-state index contributed by atoms with van der Waals surface area (Å²) in [5, 5.41) is 19.7. The number of phenolic OH excluding ortho intramolecular Hbond substituents is 1. The van der Waals surface area contributed by atoms with Crippen LogP contribution in [-0.4, -0.2) is 78.2 Å². The third-order valence-corrected chi connectivity index (χ3v) is 8.32. The summed E-state index contributed by atoms with van der Waals surface area (Å²) >= 11 is 1.41. The number of thioether (sulfide) groups is 1. The van der Waals surface area contributed by atoms with Crippen LogP contribution in [0.4, 0.5) is 0 Å². The zero-order valence-corrected chi connectivity index (χ0v) is 28.9. The molecule has 4 atom stereocenters. The van der Waals surface area contributed by atoms with Gasteiger partial charge in [0.15, 0.2) is 0 Å². The van der Waals surface area contributed by atoms with Crippen LogP contribution in [0.3, 0.4) is 0 Å². The summed E-state index contributed by atoms with van der Waals surface area (Å²) in [4.78, 5) is 63.7. The Bertz CT molecular complexity index is 1530. The lowest BCUT2D eigenvalue weighted by molar-refractivity contribution is -0.132. The van der Waals surface area contributed by atoms with Crippen LogP contribution in [-0.2, 0) is 42.6 Å². The summed E-state index contributed by atoms with van der Waals surface area (Å²) in [7, 11) is 1.58. The van der Waals surface area contributed by atoms with Crippen molar-refractivity contribution in [1.29, 1.82) is 0 Å². The number of methoxy groups -OCH3 is 1. The fourth-order valence-electron chi connectivity index (χ4n) is 4.47. The van der Waals surface area contributed by atoms with Crippen LogP contribution in [0.2, 0.25) is 0 Å². The summed E-state index contributed by atoms with van der Waals surface area (Å²) in [6.07, 6.45) is 0.300. The number of carbonyl (C=O) groups excluding carboxylic acids is 5. The van der Waals surface area contributed by atoms with Crippen LogP contribution in [0.15, 0.2) is 78.9 Å². The summed E-state index contributed by atoms with van der Waals surface area (Å²) in [6.45, 7) is 0.967. The van der Waals surface area contributed by atoms with Crippen molar-refractivity contribution >= 4 is 53.7 Å². The van der Waals surface area contributed by atoms with E-state index in [-0.39, 0.29) is 36.8 Å². The Kier molecular flexibility index (Phi) is 16.9. The van der Waals surface area contributed by atoms with Crippen molar-refractivity contribution in [3.63, 3.8) is 0 Å². The molecule has 0 unspecified atom stereocenters. The summed E-state index contributed by atoms with van der Waals surface area (Å²) in [5.74, 6) is -1.62. The number of hydrogen-bond acceptors (Lipinski definition) is 9. The molecule has 0 fully saturated rings. The molecule has 5 amide bonds. The first kappa shape index (κ1) is 40.4. The number of hydrogen-bond donors (Lipinski definition) is 7. The number of aromatic hydroxyl groups is 1. The van der Waals surface area contributed by atoms with Gasteiger partial charge in [0.05, 0.1) is 19.7 Å². The van der Waals surface area contributed by atoms with E-state index >= 15 is 0 Å². The standard InChI is InChI=1S/C34H42N6O7S.ClH/c1-21(38-33(45)27(35)16-23-8-12-25(41)13-9-23)32(44)37-18-30(42)39-28(17-22-6-4-3-5-7-22)34(46)40-29(31(36)43)20-48-19-24-10-14-26(47-2)15-11-24;/h3-15,21,27-29,41H,16-20,35H2,1-2H3,(H2,36,43)(H,37,44)(H,38,45)(H,39,42)(H,40,46);1H/t21-,27+,28+,29+;/m1./s1. The topological polar surface area (TPSA) is 215 Å². The first-order valence-corrected chi connectivity index (χ1v) is 16.4. The van der Waals surface area contributed by atoms with Gasteiger partial charge in [-0.15, -0.1) is 12.4 Å². The lowest BCUT2D eigenvalue weighted by Crippen LogP contribution is -2.56. The van der Waals surface area contributed by atoms with Gasteiger partial charge in [-0.3, -0.25) is 24.0 Å². The van der Waals surface area contributed by atoms with Gasteiger partial charge in [-0.25, -0.2) is 0 Å². The van der Waals surface area contributed by atoms with Crippen LogP contribution in [0, 0.1) is 0 Å². The van der Waals surface area contributed by atoms with Gasteiger partial charge < -0.3 is 42.6 Å². The largest absolute Gasteiger partial charge is 0.508 e. The fraction of sp³-hybridized carbons (Fsp3) is 0.324. The van der Waals surface area contributed by atoms with Crippen LogP contribution in [0.25, 0.3) is 0 Å². The van der Waals surface area contributed by atoms with E-state index in [1.807, 2.05) is 30.3 Å². The van der Waals surface area contributed by atoms with Gasteiger partial charge in [-0.1, -0.05) is 54.6 Å². The number of primary amides is 1. The minimum Gasteiger partial charge on any atom is -0.508 e. The molecule has 0 radical (unpaired) electrons. The maximum atomic E-state index is 13.4. The Balaban J connectivity index is 0.00000833. The van der Waals surface area contributed by atoms with Crippen LogP contribution < -0.4 is 37.5 Å². The second-order valence-corrected chi connectivity index (χ2v) is 12.1. The highest BCUT2D eigenvalue weighted by Gasteiger charge is 2.27. The Morgan fingerprint density at radius 2 is 1.39 bits per heavy atom. The number of rotatable bonds is 18. The highest BCUT2D eigenvalue weighted by Crippen LogP contribution is 2.17. The fourth-order valence-corrected chi connectivity index (χ4v) is 5.50. The van der Waals surface area contributed by atoms with E-state index in [0.29, 0.717) is 5.75 Å². The Morgan fingerprint density at radius 3 is 2.00 bits per heavy atom. The Hall–Kier alpha value is -4.79. The molecule has 0 bridgehead atoms. The Labute approximate surface area is 295 Å². The Morgan fingerprint density at radius 1 is 0.776 bits per heavy atom. The molecule has 0 aliphatic rings. The molecular weight excluding hydrogens is 672 g/mol. The molecule has 49 heavy (non-hydrogen) atoms. The third-order valence-electron chi connectivity index (χ3n) is 7.21. The summed E-state index contributed by atoms with van der Waals surface area (Å²) in [6, 6.07) is 18.6. The second-order valence-electron chi connectivity index (χ2n) is 11.1. The van der Waals surface area contributed by atoms with Crippen molar-refractivity contribution in [3.8, 4) is 11.5 Å². The smallest absolute Gasteiger partial charge is 0.243 e. The molecule has 0 aromatic heterocycles. The van der Waals surface area contributed by atoms with Crippen molar-refractivity contribution in [1.82, 2.24) is 21.3 Å². The van der Waals surface area contributed by atoms with Crippen LogP contribution in [0.1, 0.15) is 23.6 Å². The molecule has 0 aliphatic carbocycles. The van der Waals surface area contributed by atoms with E-state index in [2.05, 4.69) is 21.3 Å². The monoisotopic (exact) mass is 714 g/mol. The van der Waals surface area contributed by atoms with Crippen LogP contribution in [0.5, 0.6) is 11.5 Å². The summed E-state index contributed by atoms with van der Waals surface area (Å²) < 4.78 is 5.17. The predicted octanol–water partition coefficient (Wildman–Crippen LogP) is 0.944. The zero-order valence-electron chi connectivity index (χ0n) is 27.2. The number of benzene rings is 3. The van der Waals surface area contributed by atoms with Crippen molar-refractivity contribution < 1.29 is 33.8 Å². The number of phenols is 1. The second kappa shape index (κ2) is 20.5. The SMILES string of the molecule is COc1ccc(CSC[C@H](NC(=O)[C@H](Cc2ccccc2)NC(=O)CNC(=O)[C@@H](C)NC(=O)[C@@H](N)Cc2ccc(O)cc2)C(N)=O)cc1.Cl. The van der Waals surface area contributed by atoms with E-state index < -0.39 is 60.2 Å². The molecule has 0 saturated carbocycles. The molecule has 0 heterocycles. The van der Waals surface area contributed by atoms with E-state index in [1.54, 1.807) is 43.5 Å². The molecule has 3 aromatic rings. The molecule has 0 saturated heterocycles. The van der Waals surface area contributed by atoms with Gasteiger partial charge in [0.1, 0.15) is 29.6 Å². The minimum absolute atomic E-state index is 0. The highest BCUT2D eigenvalue weighted by molar-refractivity contribution is 7.98. The first-order chi connectivity index (χ1) is 22.9. The number of nitrogens with two attached hydrogens (primary N) is 2. The van der Waals surface area contributed by atoms with Gasteiger partial charge in [0.25, 0.3) is 0 Å². The number of nitrogens with one attached hydrogen (secondary N) is 4. The highest BCUT2D eigenvalue weighted by atomic mass is 35.5. The maximum Gasteiger partial charge on any atom is 0.243 e. The molecular formula is C34H43ClN6O7S. The number of halogens is 1. The molecule has 0 aliphatic heterocycles. The average Bonchev–Trinajstić information content (AvgIpc) is 3.07. The molecule has 0 spiro atoms. The first-order valence-electron chi connectivity index (χ1n) is 15.2. The van der Waals surface area contributed by atoms with E-state index in [0.717, 1.165) is 22.4 Å². The lowest BCUT2D eigenvalue weighted by atomic mass is 10.0. The molecule has 15 heteroatoms. The van der Waals surface area contributed by atoms with Gasteiger partial charge in [0, 0.05) is 17.9 Å². The van der Waals surface area contributed by atoms with E-state index in [1.165, 1.54) is 30.8 Å². The maximum absolute atomic E-state index is 13.4. The van der Waals surface area contributed by atoms with Crippen molar-refractivity contribution in [2.75, 3.05) is 19.4 Å². The third kappa shape index (κ3) is 14.1. The van der Waals surface area contributed by atoms with Gasteiger partial charge in [-0.05, 0) is 54.3 Å². The van der Waals surface area contributed by atoms with E-state index in [4.69, 9.17) is 16.2 Å². The quantitative estimate of drug-likeness (QED) is 0.0997. The number of carbonyl (C=O) groups is 5. The van der Waals surface area contributed by atoms with E-state index in [9.17, 15) is 29.1 Å². The van der Waals surface area contributed by atoms with Gasteiger partial charge in [0.2, 0.25) is 29.5 Å². The summed E-state index contributed by atoms with van der Waals surface area (Å²) in [5.41, 5.74) is 14.1. The molecule has 3 rings (SSSR count). The van der Waals surface area contributed by atoms with Crippen LogP contribution >= 0.6 is 24.2 Å². The lowest BCUT2D eigenvalue weighted by Gasteiger charge is -2.22. The van der Waals surface area contributed by atoms with Gasteiger partial charge >= 0.3 is 0 Å². The average molecular weight is 715 g/mol. The predicted molar refractivity (Wildman–Crippen MR) is 190 cm³/mol. The minimum atomic E-state index is -1.08. The van der Waals surface area contributed by atoms with Crippen molar-refractivity contribution in [2.45, 2.75) is 49.7 Å². The van der Waals surface area contributed by atoms with Crippen molar-refractivity contribution in [3.05, 3.63) is 95.6 Å². The number of ether oxygens (including phenoxy) is 1. The molecule has 9 N–H and O–H groups in total. The number of amides is 5. The molecule has 13 nitrogen and oxygen atoms in total. The van der Waals surface area contributed by atoms with Gasteiger partial charge in [-0.2, -0.15) is 11.8 Å². The molecule has 3 aromatic carbocycles. The molecule has 264 valence electrons. The van der Waals surface area contributed by atoms with Crippen molar-refractivity contribution in [2.24, 2.45) is 11.5 Å². The normalized spacial score (nSPS) is 13.0. The zero-order chi connectivity index (χ0) is 35.1.